The van der Waals surface area contributed by atoms with Gasteiger partial charge in [-0.3, -0.25) is 10.0 Å². The van der Waals surface area contributed by atoms with Crippen LogP contribution in [0, 0.1) is 5.41 Å². The minimum absolute atomic E-state index is 0.0530. The predicted molar refractivity (Wildman–Crippen MR) is 110 cm³/mol. The molecule has 4 rings (SSSR count). The highest BCUT2D eigenvalue weighted by Crippen LogP contribution is 2.54. The first-order valence-electron chi connectivity index (χ1n) is 10.5. The summed E-state index contributed by atoms with van der Waals surface area (Å²) in [6.45, 7) is 1.87. The van der Waals surface area contributed by atoms with Crippen LogP contribution in [0.3, 0.4) is 0 Å². The Balaban J connectivity index is 1.52. The molecule has 1 heterocycles. The number of rotatable bonds is 5. The molecule has 0 radical (unpaired) electrons. The molecule has 2 unspecified atom stereocenters. The fraction of sp³-hybridized carbons (Fsp3) is 0.667. The number of hydrogen-bond donors (Lipinski definition) is 4. The highest BCUT2D eigenvalue weighted by Gasteiger charge is 2.60. The normalized spacial score (nSPS) is 28.4. The van der Waals surface area contributed by atoms with Gasteiger partial charge in [0.15, 0.2) is 4.90 Å². The fourth-order valence-corrected chi connectivity index (χ4v) is 7.15. The van der Waals surface area contributed by atoms with Gasteiger partial charge in [0.05, 0.1) is 0 Å². The van der Waals surface area contributed by atoms with E-state index in [1.807, 2.05) is 29.7 Å². The van der Waals surface area contributed by atoms with E-state index >= 15 is 0 Å². The lowest BCUT2D eigenvalue weighted by Gasteiger charge is -2.36. The number of hydroxylamine groups is 1. The van der Waals surface area contributed by atoms with E-state index in [1.165, 1.54) is 25.7 Å². The zero-order chi connectivity index (χ0) is 19.6. The summed E-state index contributed by atoms with van der Waals surface area (Å²) in [6, 6.07) is 8.19. The molecule has 1 aliphatic heterocycles. The summed E-state index contributed by atoms with van der Waals surface area (Å²) in [5, 5.41) is 16.3. The molecule has 6 nitrogen and oxygen atoms in total. The Kier molecular flexibility index (Phi) is 5.88. The smallest absolute Gasteiger partial charge is 0.299 e. The Morgan fingerprint density at radius 3 is 2.43 bits per heavy atom. The third kappa shape index (κ3) is 3.77. The maximum Gasteiger partial charge on any atom is 0.299 e. The molecule has 1 spiro atoms. The maximum atomic E-state index is 13.6. The summed E-state index contributed by atoms with van der Waals surface area (Å²) >= 11 is -1.51. The van der Waals surface area contributed by atoms with Gasteiger partial charge in [-0.25, -0.2) is 5.48 Å². The van der Waals surface area contributed by atoms with Crippen molar-refractivity contribution in [3.8, 4) is 0 Å². The van der Waals surface area contributed by atoms with Crippen LogP contribution in [-0.2, 0) is 16.0 Å². The molecule has 0 aromatic heterocycles. The van der Waals surface area contributed by atoms with Crippen molar-refractivity contribution < 1.29 is 14.6 Å². The lowest BCUT2D eigenvalue weighted by molar-refractivity contribution is -0.132. The van der Waals surface area contributed by atoms with Gasteiger partial charge >= 0.3 is 0 Å². The number of benzene rings is 1. The predicted octanol–water partition coefficient (Wildman–Crippen LogP) is 2.95. The monoisotopic (exact) mass is 405 g/mol. The van der Waals surface area contributed by atoms with E-state index in [0.717, 1.165) is 38.0 Å². The minimum Gasteiger partial charge on any atom is -0.611 e. The van der Waals surface area contributed by atoms with E-state index in [9.17, 15) is 14.6 Å². The molecule has 2 saturated carbocycles. The lowest BCUT2D eigenvalue weighted by atomic mass is 9.77. The Morgan fingerprint density at radius 1 is 1.11 bits per heavy atom. The topological polar surface area (TPSA) is 96.5 Å². The second-order valence-corrected chi connectivity index (χ2v) is 10.6. The average Bonchev–Trinajstić information content (AvgIpc) is 3.37. The van der Waals surface area contributed by atoms with Gasteiger partial charge < -0.3 is 15.2 Å². The van der Waals surface area contributed by atoms with Gasteiger partial charge in [0.2, 0.25) is 4.75 Å². The first kappa shape index (κ1) is 20.0. The van der Waals surface area contributed by atoms with Crippen LogP contribution in [0.1, 0.15) is 57.8 Å². The summed E-state index contributed by atoms with van der Waals surface area (Å²) in [5.74, 6) is -0.505. The Morgan fingerprint density at radius 2 is 1.79 bits per heavy atom. The number of hydrogen-bond acceptors (Lipinski definition) is 5. The van der Waals surface area contributed by atoms with Crippen LogP contribution in [0.25, 0.3) is 0 Å². The van der Waals surface area contributed by atoms with Crippen molar-refractivity contribution in [2.24, 2.45) is 5.41 Å². The molecule has 3 fully saturated rings. The molecule has 0 bridgehead atoms. The van der Waals surface area contributed by atoms with Crippen LogP contribution in [-0.4, -0.2) is 39.5 Å². The van der Waals surface area contributed by atoms with Gasteiger partial charge in [0.1, 0.15) is 0 Å². The molecule has 2 aliphatic carbocycles. The molecular formula is C21H31N3O3S. The highest BCUT2D eigenvalue weighted by atomic mass is 32.2. The third-order valence-electron chi connectivity index (χ3n) is 7.05. The molecule has 1 aromatic carbocycles. The van der Waals surface area contributed by atoms with Crippen molar-refractivity contribution in [3.63, 3.8) is 0 Å². The summed E-state index contributed by atoms with van der Waals surface area (Å²) in [4.78, 5) is 13.4. The van der Waals surface area contributed by atoms with Gasteiger partial charge in [0.25, 0.3) is 5.91 Å². The van der Waals surface area contributed by atoms with Crippen molar-refractivity contribution in [2.75, 3.05) is 18.4 Å². The number of carbonyl (C=O) groups excluding carboxylic acids is 1. The summed E-state index contributed by atoms with van der Waals surface area (Å²) in [6.07, 6.45) is 8.94. The Labute approximate surface area is 170 Å². The van der Waals surface area contributed by atoms with Gasteiger partial charge in [-0.15, -0.1) is 0 Å². The van der Waals surface area contributed by atoms with E-state index in [1.54, 1.807) is 0 Å². The maximum absolute atomic E-state index is 13.6. The second-order valence-electron chi connectivity index (χ2n) is 8.78. The van der Waals surface area contributed by atoms with E-state index < -0.39 is 21.8 Å². The number of carbonyl (C=O) groups is 1. The molecule has 2 atom stereocenters. The molecule has 1 amide bonds. The van der Waals surface area contributed by atoms with Gasteiger partial charge in [-0.05, 0) is 74.9 Å². The van der Waals surface area contributed by atoms with Crippen LogP contribution < -0.4 is 16.1 Å². The van der Waals surface area contributed by atoms with Crippen molar-refractivity contribution in [1.29, 1.82) is 0 Å². The van der Waals surface area contributed by atoms with Crippen molar-refractivity contribution in [3.05, 3.63) is 24.3 Å². The van der Waals surface area contributed by atoms with Gasteiger partial charge in [-0.1, -0.05) is 12.8 Å². The lowest BCUT2D eigenvalue weighted by Crippen LogP contribution is -2.51. The van der Waals surface area contributed by atoms with Crippen molar-refractivity contribution in [1.82, 2.24) is 10.8 Å². The first-order valence-corrected chi connectivity index (χ1v) is 11.7. The minimum atomic E-state index is -1.51. The average molecular weight is 406 g/mol. The standard InChI is InChI=1S/C21H31N3O3S/c25-19(24-26)21(10-9-20(15-21)11-13-22-14-12-20)28(27)18-7-5-17(6-8-18)23-16-3-1-2-4-16/h5-8,16,22-23,26H,1-4,9-15H2,(H,24,25). The first-order chi connectivity index (χ1) is 13.6. The quantitative estimate of drug-likeness (QED) is 0.343. The van der Waals surface area contributed by atoms with E-state index in [-0.39, 0.29) is 5.41 Å². The van der Waals surface area contributed by atoms with Crippen LogP contribution in [0.4, 0.5) is 5.69 Å². The number of nitrogens with one attached hydrogen (secondary N) is 3. The molecule has 4 N–H and O–H groups in total. The number of amides is 1. The SMILES string of the molecule is O=C(NO)C1([S+]([O-])c2ccc(NC3CCCC3)cc2)CCC2(CCNCC2)C1. The number of anilines is 1. The molecular weight excluding hydrogens is 374 g/mol. The fourth-order valence-electron chi connectivity index (χ4n) is 5.38. The summed E-state index contributed by atoms with van der Waals surface area (Å²) in [7, 11) is 0. The largest absolute Gasteiger partial charge is 0.611 e. The van der Waals surface area contributed by atoms with E-state index in [4.69, 9.17) is 0 Å². The number of piperidine rings is 1. The molecule has 28 heavy (non-hydrogen) atoms. The molecule has 154 valence electrons. The van der Waals surface area contributed by atoms with Gasteiger partial charge in [-0.2, -0.15) is 0 Å². The van der Waals surface area contributed by atoms with Crippen molar-refractivity contribution in [2.45, 2.75) is 73.5 Å². The third-order valence-corrected chi connectivity index (χ3v) is 8.99. The zero-order valence-electron chi connectivity index (χ0n) is 16.3. The molecule has 7 heteroatoms. The second kappa shape index (κ2) is 8.22. The molecule has 3 aliphatic rings. The Bertz CT molecular complexity index is 687. The van der Waals surface area contributed by atoms with Crippen LogP contribution in [0.2, 0.25) is 0 Å². The van der Waals surface area contributed by atoms with Gasteiger partial charge in [0, 0.05) is 35.7 Å². The van der Waals surface area contributed by atoms with Crippen LogP contribution >= 0.6 is 0 Å². The molecule has 1 saturated heterocycles. The zero-order valence-corrected chi connectivity index (χ0v) is 17.2. The van der Waals surface area contributed by atoms with Crippen LogP contribution in [0.15, 0.2) is 29.2 Å². The van der Waals surface area contributed by atoms with E-state index in [2.05, 4.69) is 10.6 Å². The highest BCUT2D eigenvalue weighted by molar-refractivity contribution is 7.93. The van der Waals surface area contributed by atoms with E-state index in [0.29, 0.717) is 23.8 Å². The molecule has 1 aromatic rings. The van der Waals surface area contributed by atoms with Crippen LogP contribution in [0.5, 0.6) is 0 Å². The summed E-state index contributed by atoms with van der Waals surface area (Å²) in [5.41, 5.74) is 2.91. The summed E-state index contributed by atoms with van der Waals surface area (Å²) < 4.78 is 12.5. The Hall–Kier alpha value is -1.28. The van der Waals surface area contributed by atoms with Crippen molar-refractivity contribution >= 4 is 22.8 Å².